The minimum absolute atomic E-state index is 0.440. The Morgan fingerprint density at radius 3 is 2.50 bits per heavy atom. The summed E-state index contributed by atoms with van der Waals surface area (Å²) in [6, 6.07) is 3.74. The van der Waals surface area contributed by atoms with Crippen LogP contribution in [0.3, 0.4) is 0 Å². The summed E-state index contributed by atoms with van der Waals surface area (Å²) in [5.74, 6) is 0.00423. The van der Waals surface area contributed by atoms with Crippen molar-refractivity contribution >= 4 is 5.97 Å². The highest BCUT2D eigenvalue weighted by Gasteiger charge is 2.19. The Bertz CT molecular complexity index is 417. The zero-order valence-electron chi connectivity index (χ0n) is 9.92. The largest absolute Gasteiger partial charge is 0.478 e. The van der Waals surface area contributed by atoms with E-state index in [4.69, 9.17) is 5.11 Å². The molecule has 0 unspecified atom stereocenters. The van der Waals surface area contributed by atoms with Gasteiger partial charge in [-0.05, 0) is 48.9 Å². The highest BCUT2D eigenvalue weighted by atomic mass is 16.4. The Morgan fingerprint density at radius 2 is 2.00 bits per heavy atom. The molecule has 16 heavy (non-hydrogen) atoms. The van der Waals surface area contributed by atoms with Crippen LogP contribution in [0, 0.1) is 19.8 Å². The molecule has 0 spiro atoms. The molecule has 0 radical (unpaired) electrons. The van der Waals surface area contributed by atoms with Gasteiger partial charge in [-0.25, -0.2) is 4.79 Å². The average Bonchev–Trinajstić information content (AvgIpc) is 2.17. The van der Waals surface area contributed by atoms with Crippen LogP contribution in [0.5, 0.6) is 0 Å². The number of hydrogen-bond donors (Lipinski definition) is 1. The lowest BCUT2D eigenvalue weighted by atomic mass is 9.79. The Morgan fingerprint density at radius 1 is 1.31 bits per heavy atom. The van der Waals surface area contributed by atoms with E-state index in [1.54, 1.807) is 6.07 Å². The molecule has 1 fully saturated rings. The third-order valence-electron chi connectivity index (χ3n) is 3.86. The Hall–Kier alpha value is -1.31. The SMILES string of the molecule is Cc1c(CC2CCC2)ccc(C(=O)O)c1C. The molecule has 1 aromatic carbocycles. The molecule has 1 N–H and O–H groups in total. The van der Waals surface area contributed by atoms with E-state index in [0.717, 1.165) is 23.5 Å². The first-order valence-corrected chi connectivity index (χ1v) is 5.92. The maximum absolute atomic E-state index is 11.0. The summed E-state index contributed by atoms with van der Waals surface area (Å²) in [6.45, 7) is 3.94. The van der Waals surface area contributed by atoms with Gasteiger partial charge in [-0.15, -0.1) is 0 Å². The van der Waals surface area contributed by atoms with Crippen LogP contribution in [-0.4, -0.2) is 11.1 Å². The molecule has 0 aliphatic heterocycles. The van der Waals surface area contributed by atoms with Crippen molar-refractivity contribution in [1.29, 1.82) is 0 Å². The van der Waals surface area contributed by atoms with Gasteiger partial charge in [0.05, 0.1) is 5.56 Å². The normalized spacial score (nSPS) is 15.9. The van der Waals surface area contributed by atoms with Crippen molar-refractivity contribution < 1.29 is 9.90 Å². The minimum atomic E-state index is -0.823. The van der Waals surface area contributed by atoms with Crippen LogP contribution in [0.15, 0.2) is 12.1 Å². The van der Waals surface area contributed by atoms with Crippen LogP contribution in [0.4, 0.5) is 0 Å². The summed E-state index contributed by atoms with van der Waals surface area (Å²) in [6.07, 6.45) is 5.14. The summed E-state index contributed by atoms with van der Waals surface area (Å²) in [7, 11) is 0. The Labute approximate surface area is 96.3 Å². The summed E-state index contributed by atoms with van der Waals surface area (Å²) in [5, 5.41) is 9.02. The number of hydrogen-bond acceptors (Lipinski definition) is 1. The van der Waals surface area contributed by atoms with E-state index in [0.29, 0.717) is 5.56 Å². The first-order valence-electron chi connectivity index (χ1n) is 5.92. The maximum atomic E-state index is 11.0. The van der Waals surface area contributed by atoms with E-state index in [2.05, 4.69) is 0 Å². The molecule has 0 saturated heterocycles. The summed E-state index contributed by atoms with van der Waals surface area (Å²) in [4.78, 5) is 11.0. The molecule has 1 aromatic rings. The van der Waals surface area contributed by atoms with Gasteiger partial charge < -0.3 is 5.11 Å². The monoisotopic (exact) mass is 218 g/mol. The molecule has 1 aliphatic carbocycles. The third kappa shape index (κ3) is 1.97. The quantitative estimate of drug-likeness (QED) is 0.844. The molecule has 0 atom stereocenters. The number of aromatic carboxylic acids is 1. The van der Waals surface area contributed by atoms with Crippen molar-refractivity contribution in [3.8, 4) is 0 Å². The maximum Gasteiger partial charge on any atom is 0.335 e. The number of rotatable bonds is 3. The second kappa shape index (κ2) is 4.28. The fourth-order valence-corrected chi connectivity index (χ4v) is 2.34. The van der Waals surface area contributed by atoms with E-state index >= 15 is 0 Å². The first-order chi connectivity index (χ1) is 7.59. The van der Waals surface area contributed by atoms with Crippen molar-refractivity contribution in [1.82, 2.24) is 0 Å². The van der Waals surface area contributed by atoms with Gasteiger partial charge in [-0.3, -0.25) is 0 Å². The lowest BCUT2D eigenvalue weighted by Gasteiger charge is -2.26. The van der Waals surface area contributed by atoms with Gasteiger partial charge in [0.2, 0.25) is 0 Å². The van der Waals surface area contributed by atoms with Crippen molar-refractivity contribution in [3.63, 3.8) is 0 Å². The van der Waals surface area contributed by atoms with Crippen molar-refractivity contribution in [2.24, 2.45) is 5.92 Å². The lowest BCUT2D eigenvalue weighted by Crippen LogP contribution is -2.15. The summed E-state index contributed by atoms with van der Waals surface area (Å²) in [5.41, 5.74) is 3.85. The molecule has 2 heteroatoms. The van der Waals surface area contributed by atoms with E-state index < -0.39 is 5.97 Å². The smallest absolute Gasteiger partial charge is 0.335 e. The number of carboxylic acid groups (broad SMARTS) is 1. The van der Waals surface area contributed by atoms with Gasteiger partial charge in [0, 0.05) is 0 Å². The molecule has 0 heterocycles. The third-order valence-corrected chi connectivity index (χ3v) is 3.86. The summed E-state index contributed by atoms with van der Waals surface area (Å²) >= 11 is 0. The van der Waals surface area contributed by atoms with E-state index in [-0.39, 0.29) is 0 Å². The Balaban J connectivity index is 2.26. The second-order valence-corrected chi connectivity index (χ2v) is 4.83. The topological polar surface area (TPSA) is 37.3 Å². The molecular weight excluding hydrogens is 200 g/mol. The highest BCUT2D eigenvalue weighted by Crippen LogP contribution is 2.31. The van der Waals surface area contributed by atoms with Crippen LogP contribution in [-0.2, 0) is 6.42 Å². The van der Waals surface area contributed by atoms with Gasteiger partial charge in [-0.2, -0.15) is 0 Å². The van der Waals surface area contributed by atoms with Crippen LogP contribution in [0.1, 0.15) is 46.3 Å². The van der Waals surface area contributed by atoms with Crippen molar-refractivity contribution in [2.75, 3.05) is 0 Å². The highest BCUT2D eigenvalue weighted by molar-refractivity contribution is 5.89. The van der Waals surface area contributed by atoms with E-state index in [1.165, 1.54) is 24.8 Å². The predicted molar refractivity (Wildman–Crippen MR) is 63.9 cm³/mol. The van der Waals surface area contributed by atoms with Crippen molar-refractivity contribution in [3.05, 3.63) is 34.4 Å². The van der Waals surface area contributed by atoms with E-state index in [9.17, 15) is 4.79 Å². The summed E-state index contributed by atoms with van der Waals surface area (Å²) < 4.78 is 0. The standard InChI is InChI=1S/C14H18O2/c1-9-10(2)13(14(15)16)7-6-12(9)8-11-4-3-5-11/h6-7,11H,3-5,8H2,1-2H3,(H,15,16). The molecule has 1 aliphatic rings. The van der Waals surface area contributed by atoms with Gasteiger partial charge in [0.25, 0.3) is 0 Å². The fourth-order valence-electron chi connectivity index (χ4n) is 2.34. The molecule has 0 amide bonds. The number of carboxylic acids is 1. The molecule has 86 valence electrons. The van der Waals surface area contributed by atoms with Gasteiger partial charge in [-0.1, -0.05) is 25.3 Å². The average molecular weight is 218 g/mol. The van der Waals surface area contributed by atoms with Crippen LogP contribution < -0.4 is 0 Å². The van der Waals surface area contributed by atoms with Crippen LogP contribution in [0.25, 0.3) is 0 Å². The second-order valence-electron chi connectivity index (χ2n) is 4.83. The van der Waals surface area contributed by atoms with Gasteiger partial charge >= 0.3 is 5.97 Å². The molecule has 2 rings (SSSR count). The predicted octanol–water partition coefficient (Wildman–Crippen LogP) is 3.34. The minimum Gasteiger partial charge on any atom is -0.478 e. The van der Waals surface area contributed by atoms with Gasteiger partial charge in [0.15, 0.2) is 0 Å². The molecular formula is C14H18O2. The first kappa shape index (κ1) is 11.2. The molecule has 0 aromatic heterocycles. The fraction of sp³-hybridized carbons (Fsp3) is 0.500. The molecule has 1 saturated carbocycles. The van der Waals surface area contributed by atoms with Crippen LogP contribution >= 0.6 is 0 Å². The molecule has 2 nitrogen and oxygen atoms in total. The zero-order valence-corrected chi connectivity index (χ0v) is 9.92. The zero-order chi connectivity index (χ0) is 11.7. The van der Waals surface area contributed by atoms with Crippen LogP contribution in [0.2, 0.25) is 0 Å². The number of carbonyl (C=O) groups is 1. The van der Waals surface area contributed by atoms with Gasteiger partial charge in [0.1, 0.15) is 0 Å². The van der Waals surface area contributed by atoms with Crippen molar-refractivity contribution in [2.45, 2.75) is 39.5 Å². The lowest BCUT2D eigenvalue weighted by molar-refractivity contribution is 0.0696. The Kier molecular flexibility index (Phi) is 2.99. The molecule has 0 bridgehead atoms. The number of benzene rings is 1. The van der Waals surface area contributed by atoms with E-state index in [1.807, 2.05) is 19.9 Å².